The molecule has 10 heteroatoms. The number of esters is 1. The molecule has 0 fully saturated rings. The molecule has 28 heavy (non-hydrogen) atoms. The van der Waals surface area contributed by atoms with Gasteiger partial charge in [0.25, 0.3) is 0 Å². The topological polar surface area (TPSA) is 115 Å². The van der Waals surface area contributed by atoms with E-state index in [-0.39, 0.29) is 24.2 Å². The van der Waals surface area contributed by atoms with Gasteiger partial charge in [-0.3, -0.25) is 14.4 Å². The fraction of sp³-hybridized carbons (Fsp3) is 0.389. The molecule has 1 aromatic carbocycles. The van der Waals surface area contributed by atoms with Crippen molar-refractivity contribution in [2.75, 3.05) is 17.2 Å². The number of carbonyl (C=O) groups excluding carboxylic acids is 3. The Kier molecular flexibility index (Phi) is 7.56. The SMILES string of the molecule is CCOC(=O)Cc1nnc(S[C@H](C)C(=O)Nc2ccc(NC(C)=O)cc2)n1C. The number of nitrogens with zero attached hydrogens (tertiary/aromatic N) is 3. The standard InChI is InChI=1S/C18H23N5O4S/c1-5-27-16(25)10-15-21-22-18(23(15)4)28-11(2)17(26)20-14-8-6-13(7-9-14)19-12(3)24/h6-9,11H,5,10H2,1-4H3,(H,19,24)(H,20,26)/t11-/m1/s1. The van der Waals surface area contributed by atoms with Crippen molar-refractivity contribution in [1.29, 1.82) is 0 Å². The highest BCUT2D eigenvalue weighted by Crippen LogP contribution is 2.23. The number of rotatable bonds is 8. The molecule has 0 spiro atoms. The first-order valence-electron chi connectivity index (χ1n) is 8.69. The van der Waals surface area contributed by atoms with Gasteiger partial charge in [0.15, 0.2) is 5.16 Å². The number of benzene rings is 1. The third kappa shape index (κ3) is 6.08. The summed E-state index contributed by atoms with van der Waals surface area (Å²) in [4.78, 5) is 35.1. The number of hydrogen-bond acceptors (Lipinski definition) is 7. The predicted molar refractivity (Wildman–Crippen MR) is 106 cm³/mol. The molecule has 1 atom stereocenters. The van der Waals surface area contributed by atoms with Gasteiger partial charge in [0.05, 0.1) is 11.9 Å². The second-order valence-corrected chi connectivity index (χ2v) is 7.26. The molecule has 9 nitrogen and oxygen atoms in total. The fourth-order valence-electron chi connectivity index (χ4n) is 2.24. The second kappa shape index (κ2) is 9.88. The molecule has 0 saturated carbocycles. The van der Waals surface area contributed by atoms with Gasteiger partial charge < -0.3 is 19.9 Å². The lowest BCUT2D eigenvalue weighted by molar-refractivity contribution is -0.142. The van der Waals surface area contributed by atoms with Gasteiger partial charge in [-0.15, -0.1) is 10.2 Å². The van der Waals surface area contributed by atoms with Gasteiger partial charge >= 0.3 is 5.97 Å². The highest BCUT2D eigenvalue weighted by Gasteiger charge is 2.20. The van der Waals surface area contributed by atoms with Crippen LogP contribution in [-0.2, 0) is 32.6 Å². The summed E-state index contributed by atoms with van der Waals surface area (Å²) in [5.41, 5.74) is 1.27. The van der Waals surface area contributed by atoms with Crippen LogP contribution in [0.3, 0.4) is 0 Å². The van der Waals surface area contributed by atoms with Gasteiger partial charge in [0, 0.05) is 25.3 Å². The Balaban J connectivity index is 1.94. The molecule has 0 aliphatic rings. The maximum Gasteiger partial charge on any atom is 0.313 e. The third-order valence-electron chi connectivity index (χ3n) is 3.66. The van der Waals surface area contributed by atoms with Crippen LogP contribution in [0, 0.1) is 0 Å². The molecule has 2 aromatic rings. The zero-order valence-corrected chi connectivity index (χ0v) is 17.0. The molecule has 0 saturated heterocycles. The van der Waals surface area contributed by atoms with Crippen LogP contribution in [-0.4, -0.2) is 44.4 Å². The van der Waals surface area contributed by atoms with E-state index in [0.29, 0.717) is 29.0 Å². The zero-order chi connectivity index (χ0) is 20.7. The molecule has 0 unspecified atom stereocenters. The number of ether oxygens (including phenoxy) is 1. The molecule has 0 bridgehead atoms. The Labute approximate surface area is 167 Å². The number of thioether (sulfide) groups is 1. The molecule has 150 valence electrons. The van der Waals surface area contributed by atoms with Crippen molar-refractivity contribution in [2.45, 2.75) is 37.6 Å². The van der Waals surface area contributed by atoms with E-state index < -0.39 is 5.25 Å². The Bertz CT molecular complexity index is 850. The van der Waals surface area contributed by atoms with E-state index >= 15 is 0 Å². The average molecular weight is 405 g/mol. The minimum absolute atomic E-state index is 0.0269. The number of anilines is 2. The number of nitrogens with one attached hydrogen (secondary N) is 2. The molecule has 0 aliphatic carbocycles. The van der Waals surface area contributed by atoms with Crippen molar-refractivity contribution in [3.8, 4) is 0 Å². The van der Waals surface area contributed by atoms with Crippen LogP contribution in [0.25, 0.3) is 0 Å². The van der Waals surface area contributed by atoms with Crippen molar-refractivity contribution in [3.05, 3.63) is 30.1 Å². The van der Waals surface area contributed by atoms with E-state index in [9.17, 15) is 14.4 Å². The molecule has 1 heterocycles. The van der Waals surface area contributed by atoms with E-state index in [1.807, 2.05) is 0 Å². The number of aromatic nitrogens is 3. The summed E-state index contributed by atoms with van der Waals surface area (Å²) in [6.45, 7) is 5.23. The number of amides is 2. The summed E-state index contributed by atoms with van der Waals surface area (Å²) >= 11 is 1.24. The quantitative estimate of drug-likeness (QED) is 0.510. The van der Waals surface area contributed by atoms with Gasteiger partial charge in [-0.2, -0.15) is 0 Å². The maximum absolute atomic E-state index is 12.4. The molecule has 2 N–H and O–H groups in total. The molecule has 2 rings (SSSR count). The summed E-state index contributed by atoms with van der Waals surface area (Å²) in [5, 5.41) is 13.6. The van der Waals surface area contributed by atoms with Crippen LogP contribution in [0.4, 0.5) is 11.4 Å². The summed E-state index contributed by atoms with van der Waals surface area (Å²) in [7, 11) is 1.74. The van der Waals surface area contributed by atoms with Crippen molar-refractivity contribution in [3.63, 3.8) is 0 Å². The first kappa shape index (κ1) is 21.4. The van der Waals surface area contributed by atoms with Gasteiger partial charge in [0.1, 0.15) is 12.2 Å². The first-order valence-corrected chi connectivity index (χ1v) is 9.57. The summed E-state index contributed by atoms with van der Waals surface area (Å²) in [6, 6.07) is 6.83. The normalized spacial score (nSPS) is 11.6. The zero-order valence-electron chi connectivity index (χ0n) is 16.2. The van der Waals surface area contributed by atoms with Gasteiger partial charge in [0.2, 0.25) is 11.8 Å². The summed E-state index contributed by atoms with van der Waals surface area (Å²) in [6.07, 6.45) is 0.0269. The van der Waals surface area contributed by atoms with Crippen LogP contribution < -0.4 is 10.6 Å². The Hall–Kier alpha value is -2.88. The van der Waals surface area contributed by atoms with Gasteiger partial charge in [-0.05, 0) is 38.1 Å². The van der Waals surface area contributed by atoms with E-state index in [0.717, 1.165) is 0 Å². The number of carbonyl (C=O) groups is 3. The summed E-state index contributed by atoms with van der Waals surface area (Å²) < 4.78 is 6.59. The number of hydrogen-bond donors (Lipinski definition) is 2. The lowest BCUT2D eigenvalue weighted by Gasteiger charge is -2.12. The van der Waals surface area contributed by atoms with Crippen molar-refractivity contribution < 1.29 is 19.1 Å². The Morgan fingerprint density at radius 3 is 2.32 bits per heavy atom. The molecule has 0 radical (unpaired) electrons. The first-order chi connectivity index (χ1) is 13.3. The Morgan fingerprint density at radius 1 is 1.14 bits per heavy atom. The van der Waals surface area contributed by atoms with Crippen LogP contribution in [0.5, 0.6) is 0 Å². The monoisotopic (exact) mass is 405 g/mol. The van der Waals surface area contributed by atoms with Crippen molar-refractivity contribution >= 4 is 40.9 Å². The van der Waals surface area contributed by atoms with E-state index in [1.165, 1.54) is 18.7 Å². The smallest absolute Gasteiger partial charge is 0.313 e. The summed E-state index contributed by atoms with van der Waals surface area (Å²) in [5.74, 6) is -0.259. The van der Waals surface area contributed by atoms with E-state index in [4.69, 9.17) is 4.74 Å². The minimum atomic E-state index is -0.437. The molecule has 0 aliphatic heterocycles. The predicted octanol–water partition coefficient (Wildman–Crippen LogP) is 2.00. The van der Waals surface area contributed by atoms with Gasteiger partial charge in [-0.1, -0.05) is 11.8 Å². The Morgan fingerprint density at radius 2 is 1.75 bits per heavy atom. The largest absolute Gasteiger partial charge is 0.466 e. The van der Waals surface area contributed by atoms with E-state index in [1.54, 1.807) is 49.7 Å². The molecular formula is C18H23N5O4S. The lowest BCUT2D eigenvalue weighted by Crippen LogP contribution is -2.23. The van der Waals surface area contributed by atoms with Gasteiger partial charge in [-0.25, -0.2) is 0 Å². The highest BCUT2D eigenvalue weighted by molar-refractivity contribution is 8.00. The fourth-order valence-corrected chi connectivity index (χ4v) is 3.07. The molecular weight excluding hydrogens is 382 g/mol. The third-order valence-corrected chi connectivity index (χ3v) is 4.79. The highest BCUT2D eigenvalue weighted by atomic mass is 32.2. The molecule has 1 aromatic heterocycles. The second-order valence-electron chi connectivity index (χ2n) is 5.95. The van der Waals surface area contributed by atoms with E-state index in [2.05, 4.69) is 20.8 Å². The minimum Gasteiger partial charge on any atom is -0.466 e. The van der Waals surface area contributed by atoms with Crippen LogP contribution >= 0.6 is 11.8 Å². The van der Waals surface area contributed by atoms with Crippen molar-refractivity contribution in [1.82, 2.24) is 14.8 Å². The van der Waals surface area contributed by atoms with Crippen LogP contribution in [0.2, 0.25) is 0 Å². The van der Waals surface area contributed by atoms with Crippen LogP contribution in [0.15, 0.2) is 29.4 Å². The maximum atomic E-state index is 12.4. The van der Waals surface area contributed by atoms with Crippen LogP contribution in [0.1, 0.15) is 26.6 Å². The lowest BCUT2D eigenvalue weighted by atomic mass is 10.2. The van der Waals surface area contributed by atoms with Crippen molar-refractivity contribution in [2.24, 2.45) is 7.05 Å². The molecule has 2 amide bonds. The average Bonchev–Trinajstić information content (AvgIpc) is 2.96.